The van der Waals surface area contributed by atoms with Crippen molar-refractivity contribution >= 4 is 27.3 Å². The van der Waals surface area contributed by atoms with Crippen molar-refractivity contribution in [1.82, 2.24) is 0 Å². The third-order valence-corrected chi connectivity index (χ3v) is 3.34. The van der Waals surface area contributed by atoms with E-state index in [1.165, 1.54) is 9.35 Å². The summed E-state index contributed by atoms with van der Waals surface area (Å²) < 4.78 is 1.25. The van der Waals surface area contributed by atoms with Gasteiger partial charge in [0.1, 0.15) is 0 Å². The molecule has 0 nitrogen and oxygen atoms in total. The summed E-state index contributed by atoms with van der Waals surface area (Å²) in [6.45, 7) is 4.41. The van der Waals surface area contributed by atoms with Gasteiger partial charge in [-0.2, -0.15) is 0 Å². The Kier molecular flexibility index (Phi) is 2.30. The summed E-state index contributed by atoms with van der Waals surface area (Å²) in [5.41, 5.74) is 0. The van der Waals surface area contributed by atoms with E-state index in [0.29, 0.717) is 5.92 Å². The standard InChI is InChI=1S/C7H9BrS/c1-5(2)7-6(8)3-4-9-7/h3-5H,1-2H3. The lowest BCUT2D eigenvalue weighted by Gasteiger charge is -1.99. The molecule has 1 heterocycles. The van der Waals surface area contributed by atoms with E-state index < -0.39 is 0 Å². The van der Waals surface area contributed by atoms with Crippen molar-refractivity contribution < 1.29 is 0 Å². The Morgan fingerprint density at radius 2 is 2.22 bits per heavy atom. The fourth-order valence-corrected chi connectivity index (χ4v) is 2.57. The minimum absolute atomic E-state index is 0.652. The molecule has 0 N–H and O–H groups in total. The third kappa shape index (κ3) is 1.55. The topological polar surface area (TPSA) is 0 Å². The monoisotopic (exact) mass is 204 g/mol. The van der Waals surface area contributed by atoms with Crippen molar-refractivity contribution in [3.63, 3.8) is 0 Å². The van der Waals surface area contributed by atoms with Crippen LogP contribution >= 0.6 is 27.3 Å². The Balaban J connectivity index is 2.94. The second-order valence-corrected chi connectivity index (χ2v) is 4.09. The number of hydrogen-bond acceptors (Lipinski definition) is 1. The van der Waals surface area contributed by atoms with Crippen molar-refractivity contribution in [3.05, 3.63) is 20.8 Å². The van der Waals surface area contributed by atoms with E-state index in [2.05, 4.69) is 41.2 Å². The number of rotatable bonds is 1. The van der Waals surface area contributed by atoms with E-state index in [9.17, 15) is 0 Å². The highest BCUT2D eigenvalue weighted by molar-refractivity contribution is 9.10. The van der Waals surface area contributed by atoms with Crippen LogP contribution in [0, 0.1) is 0 Å². The van der Waals surface area contributed by atoms with Gasteiger partial charge >= 0.3 is 0 Å². The van der Waals surface area contributed by atoms with Gasteiger partial charge in [-0.1, -0.05) is 13.8 Å². The highest BCUT2D eigenvalue weighted by Crippen LogP contribution is 2.29. The smallest absolute Gasteiger partial charge is 0.0317 e. The zero-order chi connectivity index (χ0) is 6.85. The van der Waals surface area contributed by atoms with Gasteiger partial charge in [0.25, 0.3) is 0 Å². The predicted molar refractivity (Wildman–Crippen MR) is 46.1 cm³/mol. The molecular weight excluding hydrogens is 196 g/mol. The van der Waals surface area contributed by atoms with Gasteiger partial charge in [0, 0.05) is 9.35 Å². The Morgan fingerprint density at radius 3 is 2.44 bits per heavy atom. The van der Waals surface area contributed by atoms with Gasteiger partial charge in [-0.05, 0) is 33.3 Å². The maximum absolute atomic E-state index is 3.48. The summed E-state index contributed by atoms with van der Waals surface area (Å²) >= 11 is 5.29. The quantitative estimate of drug-likeness (QED) is 0.656. The van der Waals surface area contributed by atoms with E-state index in [4.69, 9.17) is 0 Å². The van der Waals surface area contributed by atoms with Crippen LogP contribution in [0.15, 0.2) is 15.9 Å². The van der Waals surface area contributed by atoms with E-state index in [0.717, 1.165) is 0 Å². The summed E-state index contributed by atoms with van der Waals surface area (Å²) in [5, 5.41) is 2.11. The molecule has 9 heavy (non-hydrogen) atoms. The lowest BCUT2D eigenvalue weighted by molar-refractivity contribution is 0.885. The fourth-order valence-electron chi connectivity index (χ4n) is 0.717. The Labute approximate surface area is 68.0 Å². The van der Waals surface area contributed by atoms with Gasteiger partial charge in [0.05, 0.1) is 0 Å². The summed E-state index contributed by atoms with van der Waals surface area (Å²) in [6.07, 6.45) is 0. The molecule has 0 fully saturated rings. The number of halogens is 1. The SMILES string of the molecule is CC(C)c1sccc1Br. The van der Waals surface area contributed by atoms with Gasteiger partial charge in [-0.25, -0.2) is 0 Å². The number of thiophene rings is 1. The maximum atomic E-state index is 3.48. The first-order chi connectivity index (χ1) is 4.22. The predicted octanol–water partition coefficient (Wildman–Crippen LogP) is 3.63. The molecule has 0 bridgehead atoms. The van der Waals surface area contributed by atoms with Crippen LogP contribution in [0.3, 0.4) is 0 Å². The maximum Gasteiger partial charge on any atom is 0.0317 e. The van der Waals surface area contributed by atoms with E-state index in [1.54, 1.807) is 0 Å². The molecule has 0 spiro atoms. The van der Waals surface area contributed by atoms with Crippen molar-refractivity contribution in [1.29, 1.82) is 0 Å². The van der Waals surface area contributed by atoms with E-state index in [1.807, 2.05) is 11.3 Å². The van der Waals surface area contributed by atoms with E-state index >= 15 is 0 Å². The molecular formula is C7H9BrS. The van der Waals surface area contributed by atoms with Crippen molar-refractivity contribution in [2.24, 2.45) is 0 Å². The van der Waals surface area contributed by atoms with Crippen molar-refractivity contribution in [3.8, 4) is 0 Å². The largest absolute Gasteiger partial charge is 0.147 e. The molecule has 0 saturated carbocycles. The average molecular weight is 205 g/mol. The van der Waals surface area contributed by atoms with Crippen LogP contribution in [0.25, 0.3) is 0 Å². The molecule has 2 heteroatoms. The normalized spacial score (nSPS) is 10.7. The second kappa shape index (κ2) is 2.84. The highest BCUT2D eigenvalue weighted by Gasteiger charge is 2.03. The Bertz CT molecular complexity index is 191. The number of hydrogen-bond donors (Lipinski definition) is 0. The first kappa shape index (κ1) is 7.29. The highest BCUT2D eigenvalue weighted by atomic mass is 79.9. The van der Waals surface area contributed by atoms with Crippen LogP contribution in [-0.4, -0.2) is 0 Å². The summed E-state index contributed by atoms with van der Waals surface area (Å²) in [6, 6.07) is 2.10. The molecule has 0 radical (unpaired) electrons. The van der Waals surface area contributed by atoms with Crippen LogP contribution in [0.4, 0.5) is 0 Å². The second-order valence-electron chi connectivity index (χ2n) is 2.29. The van der Waals surface area contributed by atoms with Crippen LogP contribution in [0.2, 0.25) is 0 Å². The lowest BCUT2D eigenvalue weighted by atomic mass is 10.2. The van der Waals surface area contributed by atoms with Gasteiger partial charge in [0.15, 0.2) is 0 Å². The summed E-state index contributed by atoms with van der Waals surface area (Å²) in [4.78, 5) is 1.44. The molecule has 50 valence electrons. The Morgan fingerprint density at radius 1 is 1.56 bits per heavy atom. The van der Waals surface area contributed by atoms with Crippen molar-refractivity contribution in [2.75, 3.05) is 0 Å². The van der Waals surface area contributed by atoms with Gasteiger partial charge in [-0.15, -0.1) is 11.3 Å². The molecule has 0 saturated heterocycles. The molecule has 0 aliphatic carbocycles. The summed E-state index contributed by atoms with van der Waals surface area (Å²) in [7, 11) is 0. The molecule has 0 aliphatic rings. The third-order valence-electron chi connectivity index (χ3n) is 1.17. The first-order valence-corrected chi connectivity index (χ1v) is 4.62. The molecule has 0 atom stereocenters. The molecule has 0 unspecified atom stereocenters. The molecule has 1 rings (SSSR count). The van der Waals surface area contributed by atoms with Crippen molar-refractivity contribution in [2.45, 2.75) is 19.8 Å². The zero-order valence-corrected chi connectivity index (χ0v) is 7.92. The van der Waals surface area contributed by atoms with Gasteiger partial charge in [-0.3, -0.25) is 0 Å². The minimum Gasteiger partial charge on any atom is -0.147 e. The average Bonchev–Trinajstić information content (AvgIpc) is 2.13. The van der Waals surface area contributed by atoms with Gasteiger partial charge in [0.2, 0.25) is 0 Å². The fraction of sp³-hybridized carbons (Fsp3) is 0.429. The molecule has 1 aromatic heterocycles. The molecule has 1 aromatic rings. The Hall–Kier alpha value is 0.180. The summed E-state index contributed by atoms with van der Waals surface area (Å²) in [5.74, 6) is 0.652. The van der Waals surface area contributed by atoms with Crippen LogP contribution < -0.4 is 0 Å². The molecule has 0 amide bonds. The zero-order valence-electron chi connectivity index (χ0n) is 5.52. The minimum atomic E-state index is 0.652. The lowest BCUT2D eigenvalue weighted by Crippen LogP contribution is -1.79. The first-order valence-electron chi connectivity index (χ1n) is 2.94. The van der Waals surface area contributed by atoms with Gasteiger partial charge < -0.3 is 0 Å². The van der Waals surface area contributed by atoms with E-state index in [-0.39, 0.29) is 0 Å². The molecule has 0 aliphatic heterocycles. The van der Waals surface area contributed by atoms with Crippen LogP contribution in [-0.2, 0) is 0 Å². The van der Waals surface area contributed by atoms with Crippen LogP contribution in [0.1, 0.15) is 24.6 Å². The molecule has 0 aromatic carbocycles. The van der Waals surface area contributed by atoms with Crippen LogP contribution in [0.5, 0.6) is 0 Å².